The average Bonchev–Trinajstić information content (AvgIpc) is 2.67. The summed E-state index contributed by atoms with van der Waals surface area (Å²) in [5.41, 5.74) is 1.54. The lowest BCUT2D eigenvalue weighted by Crippen LogP contribution is -2.04. The molecule has 1 N–H and O–H groups in total. The molecule has 0 fully saturated rings. The van der Waals surface area contributed by atoms with Crippen LogP contribution in [0.15, 0.2) is 71.6 Å². The number of nitrogens with zero attached hydrogens (tertiary/aromatic N) is 1. The van der Waals surface area contributed by atoms with Crippen molar-refractivity contribution in [1.82, 2.24) is 0 Å². The standard InChI is InChI=1S/C20H12ClFN2OS/c21-15-6-8-17(20(25)13-4-2-1-3-5-13)19(11-15)24-26-16-7-9-18(22)14(10-16)12-23/h1-11,24H. The van der Waals surface area contributed by atoms with Gasteiger partial charge in [0.15, 0.2) is 5.78 Å². The van der Waals surface area contributed by atoms with E-state index < -0.39 is 5.82 Å². The zero-order valence-corrected chi connectivity index (χ0v) is 14.9. The van der Waals surface area contributed by atoms with Crippen molar-refractivity contribution in [1.29, 1.82) is 5.26 Å². The normalized spacial score (nSPS) is 10.2. The molecule has 0 spiro atoms. The number of nitrogens with one attached hydrogen (secondary N) is 1. The second-order valence-electron chi connectivity index (χ2n) is 5.34. The number of carbonyl (C=O) groups is 1. The number of benzene rings is 3. The molecule has 0 unspecified atom stereocenters. The third-order valence-electron chi connectivity index (χ3n) is 3.60. The highest BCUT2D eigenvalue weighted by Crippen LogP contribution is 2.29. The van der Waals surface area contributed by atoms with Crippen molar-refractivity contribution < 1.29 is 9.18 Å². The largest absolute Gasteiger partial charge is 0.325 e. The van der Waals surface area contributed by atoms with E-state index in [-0.39, 0.29) is 11.3 Å². The first-order valence-corrected chi connectivity index (χ1v) is 8.80. The van der Waals surface area contributed by atoms with E-state index in [1.807, 2.05) is 6.07 Å². The van der Waals surface area contributed by atoms with Gasteiger partial charge in [0, 0.05) is 21.0 Å². The Morgan fingerprint density at radius 1 is 1.08 bits per heavy atom. The van der Waals surface area contributed by atoms with Crippen LogP contribution in [0.4, 0.5) is 10.1 Å². The maximum absolute atomic E-state index is 13.4. The Morgan fingerprint density at radius 2 is 1.85 bits per heavy atom. The van der Waals surface area contributed by atoms with Crippen LogP contribution in [0.1, 0.15) is 21.5 Å². The van der Waals surface area contributed by atoms with Gasteiger partial charge in [-0.15, -0.1) is 0 Å². The van der Waals surface area contributed by atoms with Crippen LogP contribution in [0.2, 0.25) is 5.02 Å². The number of nitriles is 1. The predicted molar refractivity (Wildman–Crippen MR) is 102 cm³/mol. The Kier molecular flexibility index (Phi) is 5.57. The van der Waals surface area contributed by atoms with Gasteiger partial charge < -0.3 is 4.72 Å². The van der Waals surface area contributed by atoms with Gasteiger partial charge in [-0.25, -0.2) is 4.39 Å². The number of carbonyl (C=O) groups excluding carboxylic acids is 1. The number of hydrogen-bond acceptors (Lipinski definition) is 4. The van der Waals surface area contributed by atoms with Crippen LogP contribution in [0, 0.1) is 17.1 Å². The highest BCUT2D eigenvalue weighted by atomic mass is 35.5. The SMILES string of the molecule is N#Cc1cc(SNc2cc(Cl)ccc2C(=O)c2ccccc2)ccc1F. The minimum atomic E-state index is -0.570. The highest BCUT2D eigenvalue weighted by Gasteiger charge is 2.14. The Labute approximate surface area is 159 Å². The number of anilines is 1. The van der Waals surface area contributed by atoms with Crippen LogP contribution in [-0.2, 0) is 0 Å². The van der Waals surface area contributed by atoms with Crippen molar-refractivity contribution in [2.45, 2.75) is 4.90 Å². The van der Waals surface area contributed by atoms with Gasteiger partial charge in [-0.3, -0.25) is 4.79 Å². The summed E-state index contributed by atoms with van der Waals surface area (Å²) in [5, 5.41) is 9.41. The van der Waals surface area contributed by atoms with Gasteiger partial charge in [0.2, 0.25) is 0 Å². The van der Waals surface area contributed by atoms with Gasteiger partial charge in [0.05, 0.1) is 11.3 Å². The van der Waals surface area contributed by atoms with Gasteiger partial charge in [0.25, 0.3) is 0 Å². The van der Waals surface area contributed by atoms with Crippen LogP contribution < -0.4 is 4.72 Å². The van der Waals surface area contributed by atoms with Crippen molar-refractivity contribution >= 4 is 35.0 Å². The summed E-state index contributed by atoms with van der Waals surface area (Å²) >= 11 is 7.23. The molecule has 0 saturated heterocycles. The lowest BCUT2D eigenvalue weighted by atomic mass is 10.0. The Morgan fingerprint density at radius 3 is 2.58 bits per heavy atom. The molecule has 0 atom stereocenters. The first kappa shape index (κ1) is 18.0. The van der Waals surface area contributed by atoms with E-state index in [0.717, 1.165) is 0 Å². The van der Waals surface area contributed by atoms with Crippen molar-refractivity contribution in [3.8, 4) is 6.07 Å². The molecule has 0 heterocycles. The van der Waals surface area contributed by atoms with Gasteiger partial charge in [-0.2, -0.15) is 5.26 Å². The molecular weight excluding hydrogens is 371 g/mol. The summed E-state index contributed by atoms with van der Waals surface area (Å²) in [4.78, 5) is 13.4. The number of hydrogen-bond donors (Lipinski definition) is 1. The Bertz CT molecular complexity index is 1000. The minimum absolute atomic E-state index is 0.0384. The van der Waals surface area contributed by atoms with Crippen LogP contribution in [0.25, 0.3) is 0 Å². The van der Waals surface area contributed by atoms with Crippen molar-refractivity contribution in [3.05, 3.63) is 94.3 Å². The molecule has 3 nitrogen and oxygen atoms in total. The summed E-state index contributed by atoms with van der Waals surface area (Å²) in [7, 11) is 0. The molecule has 0 aliphatic rings. The summed E-state index contributed by atoms with van der Waals surface area (Å²) in [5.74, 6) is -0.707. The third-order valence-corrected chi connectivity index (χ3v) is 4.65. The molecule has 0 aliphatic carbocycles. The van der Waals surface area contributed by atoms with E-state index in [0.29, 0.717) is 26.7 Å². The second-order valence-corrected chi connectivity index (χ2v) is 6.66. The Balaban J connectivity index is 1.87. The molecule has 6 heteroatoms. The molecule has 3 aromatic carbocycles. The first-order valence-electron chi connectivity index (χ1n) is 7.60. The van der Waals surface area contributed by atoms with E-state index in [1.54, 1.807) is 54.6 Å². The zero-order chi connectivity index (χ0) is 18.5. The van der Waals surface area contributed by atoms with Crippen LogP contribution in [-0.4, -0.2) is 5.78 Å². The molecule has 0 saturated carbocycles. The quantitative estimate of drug-likeness (QED) is 0.454. The average molecular weight is 383 g/mol. The molecule has 0 aliphatic heterocycles. The fourth-order valence-electron chi connectivity index (χ4n) is 2.31. The van der Waals surface area contributed by atoms with Gasteiger partial charge >= 0.3 is 0 Å². The smallest absolute Gasteiger partial charge is 0.195 e. The topological polar surface area (TPSA) is 52.9 Å². The number of halogens is 2. The van der Waals surface area contributed by atoms with Crippen LogP contribution in [0.5, 0.6) is 0 Å². The van der Waals surface area contributed by atoms with Gasteiger partial charge in [0.1, 0.15) is 11.9 Å². The van der Waals surface area contributed by atoms with E-state index >= 15 is 0 Å². The summed E-state index contributed by atoms with van der Waals surface area (Å²) in [6.07, 6.45) is 0. The molecule has 128 valence electrons. The van der Waals surface area contributed by atoms with E-state index in [1.165, 1.54) is 24.1 Å². The molecule has 26 heavy (non-hydrogen) atoms. The van der Waals surface area contributed by atoms with Gasteiger partial charge in [-0.05, 0) is 48.3 Å². The highest BCUT2D eigenvalue weighted by molar-refractivity contribution is 8.00. The Hall–Kier alpha value is -2.81. The van der Waals surface area contributed by atoms with E-state index in [4.69, 9.17) is 16.9 Å². The lowest BCUT2D eigenvalue weighted by molar-refractivity contribution is 0.103. The minimum Gasteiger partial charge on any atom is -0.325 e. The molecule has 0 aromatic heterocycles. The first-order chi connectivity index (χ1) is 12.6. The molecule has 0 radical (unpaired) electrons. The van der Waals surface area contributed by atoms with Gasteiger partial charge in [-0.1, -0.05) is 41.9 Å². The van der Waals surface area contributed by atoms with Crippen LogP contribution >= 0.6 is 23.5 Å². The zero-order valence-electron chi connectivity index (χ0n) is 13.4. The second kappa shape index (κ2) is 8.05. The van der Waals surface area contributed by atoms with E-state index in [2.05, 4.69) is 4.72 Å². The third kappa shape index (κ3) is 4.05. The number of rotatable bonds is 5. The maximum atomic E-state index is 13.4. The van der Waals surface area contributed by atoms with E-state index in [9.17, 15) is 9.18 Å². The summed E-state index contributed by atoms with van der Waals surface area (Å²) in [6.45, 7) is 0. The monoisotopic (exact) mass is 382 g/mol. The summed E-state index contributed by atoms with van der Waals surface area (Å²) in [6, 6.07) is 19.9. The fraction of sp³-hybridized carbons (Fsp3) is 0. The molecule has 0 amide bonds. The predicted octanol–water partition coefficient (Wildman–Crippen LogP) is 5.70. The molecular formula is C20H12ClFN2OS. The van der Waals surface area contributed by atoms with Crippen molar-refractivity contribution in [2.24, 2.45) is 0 Å². The molecule has 0 bridgehead atoms. The molecule has 3 rings (SSSR count). The van der Waals surface area contributed by atoms with Crippen molar-refractivity contribution in [3.63, 3.8) is 0 Å². The van der Waals surface area contributed by atoms with Crippen molar-refractivity contribution in [2.75, 3.05) is 4.72 Å². The lowest BCUT2D eigenvalue weighted by Gasteiger charge is -2.12. The number of ketones is 1. The summed E-state index contributed by atoms with van der Waals surface area (Å²) < 4.78 is 16.5. The van der Waals surface area contributed by atoms with Crippen LogP contribution in [0.3, 0.4) is 0 Å². The maximum Gasteiger partial charge on any atom is 0.195 e. The fourth-order valence-corrected chi connectivity index (χ4v) is 3.19. The molecule has 3 aromatic rings.